The van der Waals surface area contributed by atoms with Crippen LogP contribution >= 0.6 is 11.3 Å². The maximum Gasteiger partial charge on any atom is 0.191 e. The van der Waals surface area contributed by atoms with Crippen LogP contribution < -0.4 is 15.5 Å². The van der Waals surface area contributed by atoms with Gasteiger partial charge in [0, 0.05) is 61.8 Å². The van der Waals surface area contributed by atoms with Gasteiger partial charge in [0.1, 0.15) is 0 Å². The van der Waals surface area contributed by atoms with Crippen molar-refractivity contribution in [2.75, 3.05) is 57.9 Å². The topological polar surface area (TPSA) is 65.0 Å². The number of anilines is 1. The number of thiophene rings is 1. The van der Waals surface area contributed by atoms with Gasteiger partial charge in [0.2, 0.25) is 0 Å². The normalized spacial score (nSPS) is 21.3. The number of aryl methyl sites for hydroxylation is 1. The number of ether oxygens (including phenoxy) is 1. The molecule has 7 nitrogen and oxygen atoms in total. The lowest BCUT2D eigenvalue weighted by Gasteiger charge is -2.34. The first-order valence-corrected chi connectivity index (χ1v) is 11.7. The van der Waals surface area contributed by atoms with Crippen molar-refractivity contribution < 1.29 is 9.13 Å². The average molecular weight is 447 g/mol. The molecule has 2 aromatic rings. The predicted molar refractivity (Wildman–Crippen MR) is 123 cm³/mol. The molecule has 0 aromatic carbocycles. The monoisotopic (exact) mass is 446 g/mol. The first-order chi connectivity index (χ1) is 15.1. The quantitative estimate of drug-likeness (QED) is 0.525. The van der Waals surface area contributed by atoms with E-state index in [-0.39, 0.29) is 17.9 Å². The molecule has 9 heteroatoms. The van der Waals surface area contributed by atoms with E-state index >= 15 is 0 Å². The summed E-state index contributed by atoms with van der Waals surface area (Å²) in [4.78, 5) is 15.8. The van der Waals surface area contributed by atoms with Crippen LogP contribution in [0.15, 0.2) is 35.5 Å². The summed E-state index contributed by atoms with van der Waals surface area (Å²) < 4.78 is 19.6. The molecule has 4 rings (SSSR count). The lowest BCUT2D eigenvalue weighted by Crippen LogP contribution is -2.48. The molecule has 168 valence electrons. The van der Waals surface area contributed by atoms with Crippen molar-refractivity contribution in [3.05, 3.63) is 46.0 Å². The van der Waals surface area contributed by atoms with E-state index in [2.05, 4.69) is 44.6 Å². The number of morpholine rings is 1. The van der Waals surface area contributed by atoms with E-state index in [1.165, 1.54) is 15.8 Å². The molecule has 2 aromatic heterocycles. The fourth-order valence-electron chi connectivity index (χ4n) is 4.19. The number of aromatic nitrogens is 1. The molecule has 0 aliphatic carbocycles. The molecule has 2 unspecified atom stereocenters. The van der Waals surface area contributed by atoms with Crippen LogP contribution in [0.4, 0.5) is 10.2 Å². The van der Waals surface area contributed by atoms with Gasteiger partial charge in [-0.25, -0.2) is 9.37 Å². The zero-order chi connectivity index (χ0) is 21.6. The summed E-state index contributed by atoms with van der Waals surface area (Å²) in [6.45, 7) is 7.80. The highest BCUT2D eigenvalue weighted by atomic mass is 32.1. The number of pyridine rings is 1. The summed E-state index contributed by atoms with van der Waals surface area (Å²) >= 11 is 1.85. The van der Waals surface area contributed by atoms with Crippen LogP contribution in [0.5, 0.6) is 0 Å². The fraction of sp³-hybridized carbons (Fsp3) is 0.545. The van der Waals surface area contributed by atoms with Gasteiger partial charge in [0.05, 0.1) is 19.3 Å². The minimum atomic E-state index is -0.273. The zero-order valence-corrected chi connectivity index (χ0v) is 19.0. The molecule has 31 heavy (non-hydrogen) atoms. The molecule has 2 saturated heterocycles. The van der Waals surface area contributed by atoms with Crippen LogP contribution in [0.1, 0.15) is 22.2 Å². The van der Waals surface area contributed by atoms with Gasteiger partial charge in [0.25, 0.3) is 0 Å². The highest BCUT2D eigenvalue weighted by molar-refractivity contribution is 7.12. The molecule has 0 amide bonds. The number of hydrogen-bond acceptors (Lipinski definition) is 6. The lowest BCUT2D eigenvalue weighted by molar-refractivity contribution is 0.0177. The van der Waals surface area contributed by atoms with E-state index in [0.29, 0.717) is 12.4 Å². The van der Waals surface area contributed by atoms with Crippen molar-refractivity contribution in [2.45, 2.75) is 25.4 Å². The summed E-state index contributed by atoms with van der Waals surface area (Å²) in [5.74, 6) is 0.931. The van der Waals surface area contributed by atoms with Crippen LogP contribution in [0, 0.1) is 12.7 Å². The van der Waals surface area contributed by atoms with E-state index in [1.807, 2.05) is 16.2 Å². The predicted octanol–water partition coefficient (Wildman–Crippen LogP) is 2.41. The highest BCUT2D eigenvalue weighted by Crippen LogP contribution is 2.28. The Morgan fingerprint density at radius 1 is 1.32 bits per heavy atom. The maximum absolute atomic E-state index is 14.1. The van der Waals surface area contributed by atoms with Gasteiger partial charge in [0.15, 0.2) is 17.6 Å². The van der Waals surface area contributed by atoms with Gasteiger partial charge in [-0.05, 0) is 37.6 Å². The Hall–Kier alpha value is -2.23. The molecule has 2 aliphatic heterocycles. The van der Waals surface area contributed by atoms with Crippen LogP contribution in [0.2, 0.25) is 0 Å². The van der Waals surface area contributed by atoms with Crippen molar-refractivity contribution in [1.82, 2.24) is 20.5 Å². The second kappa shape index (κ2) is 10.4. The molecular formula is C22H31FN6OS. The second-order valence-corrected chi connectivity index (χ2v) is 9.27. The van der Waals surface area contributed by atoms with E-state index in [0.717, 1.165) is 51.8 Å². The third-order valence-corrected chi connectivity index (χ3v) is 6.93. The Morgan fingerprint density at radius 3 is 2.87 bits per heavy atom. The van der Waals surface area contributed by atoms with Gasteiger partial charge in [-0.2, -0.15) is 0 Å². The largest absolute Gasteiger partial charge is 0.379 e. The molecule has 0 radical (unpaired) electrons. The summed E-state index contributed by atoms with van der Waals surface area (Å²) in [6.07, 6.45) is 2.55. The molecular weight excluding hydrogens is 415 g/mol. The van der Waals surface area contributed by atoms with Crippen LogP contribution in [0.25, 0.3) is 0 Å². The number of nitrogens with one attached hydrogen (secondary N) is 2. The third-order valence-electron chi connectivity index (χ3n) is 5.83. The SMILES string of the molecule is CN=C(NCC(c1ccc(C)s1)N1CCOCC1)NC1CCN(c2ncccc2F)C1. The Morgan fingerprint density at radius 2 is 2.16 bits per heavy atom. The van der Waals surface area contributed by atoms with Gasteiger partial charge in [-0.3, -0.25) is 9.89 Å². The van der Waals surface area contributed by atoms with Gasteiger partial charge >= 0.3 is 0 Å². The number of nitrogens with zero attached hydrogens (tertiary/aromatic N) is 4. The summed E-state index contributed by atoms with van der Waals surface area (Å²) in [6, 6.07) is 7.97. The molecule has 2 atom stereocenters. The van der Waals surface area contributed by atoms with Crippen molar-refractivity contribution in [1.29, 1.82) is 0 Å². The van der Waals surface area contributed by atoms with Gasteiger partial charge in [-0.1, -0.05) is 0 Å². The van der Waals surface area contributed by atoms with Crippen molar-refractivity contribution in [2.24, 2.45) is 4.99 Å². The standard InChI is InChI=1S/C22H31FN6OS/c1-16-5-6-20(31-16)19(28-10-12-30-13-11-28)14-26-22(24-2)27-17-7-9-29(15-17)21-18(23)4-3-8-25-21/h3-6,8,17,19H,7,9-15H2,1-2H3,(H2,24,26,27). The Labute approximate surface area is 187 Å². The van der Waals surface area contributed by atoms with Crippen molar-refractivity contribution in [3.63, 3.8) is 0 Å². The molecule has 2 N–H and O–H groups in total. The molecule has 4 heterocycles. The lowest BCUT2D eigenvalue weighted by atomic mass is 10.2. The molecule has 2 fully saturated rings. The van der Waals surface area contributed by atoms with Crippen LogP contribution in [0.3, 0.4) is 0 Å². The van der Waals surface area contributed by atoms with E-state index in [1.54, 1.807) is 19.3 Å². The first-order valence-electron chi connectivity index (χ1n) is 10.8. The van der Waals surface area contributed by atoms with Crippen LogP contribution in [-0.4, -0.2) is 74.9 Å². The number of rotatable bonds is 6. The Bertz CT molecular complexity index is 884. The van der Waals surface area contributed by atoms with Gasteiger partial charge < -0.3 is 20.3 Å². The second-order valence-electron chi connectivity index (χ2n) is 7.95. The van der Waals surface area contributed by atoms with Crippen LogP contribution in [-0.2, 0) is 4.74 Å². The first kappa shape index (κ1) is 22.0. The summed E-state index contributed by atoms with van der Waals surface area (Å²) in [5, 5.41) is 7.03. The maximum atomic E-state index is 14.1. The third kappa shape index (κ3) is 5.53. The molecule has 0 saturated carbocycles. The Balaban J connectivity index is 1.35. The minimum absolute atomic E-state index is 0.193. The highest BCUT2D eigenvalue weighted by Gasteiger charge is 2.27. The number of hydrogen-bond donors (Lipinski definition) is 2. The van der Waals surface area contributed by atoms with E-state index in [9.17, 15) is 4.39 Å². The van der Waals surface area contributed by atoms with Gasteiger partial charge in [-0.15, -0.1) is 11.3 Å². The molecule has 0 spiro atoms. The number of aliphatic imine (C=N–C) groups is 1. The van der Waals surface area contributed by atoms with Crippen molar-refractivity contribution in [3.8, 4) is 0 Å². The number of guanidine groups is 1. The zero-order valence-electron chi connectivity index (χ0n) is 18.2. The van der Waals surface area contributed by atoms with E-state index < -0.39 is 0 Å². The number of halogens is 1. The summed E-state index contributed by atoms with van der Waals surface area (Å²) in [7, 11) is 1.79. The van der Waals surface area contributed by atoms with E-state index in [4.69, 9.17) is 4.74 Å². The average Bonchev–Trinajstić information content (AvgIpc) is 3.43. The van der Waals surface area contributed by atoms with Crippen molar-refractivity contribution >= 4 is 23.1 Å². The molecule has 0 bridgehead atoms. The fourth-order valence-corrected chi connectivity index (χ4v) is 5.21. The Kier molecular flexibility index (Phi) is 7.37. The summed E-state index contributed by atoms with van der Waals surface area (Å²) in [5.41, 5.74) is 0. The minimum Gasteiger partial charge on any atom is -0.379 e. The smallest absolute Gasteiger partial charge is 0.191 e. The molecule has 2 aliphatic rings.